The van der Waals surface area contributed by atoms with Gasteiger partial charge in [-0.25, -0.2) is 8.42 Å². The van der Waals surface area contributed by atoms with Crippen LogP contribution in [0.15, 0.2) is 20.0 Å². The van der Waals surface area contributed by atoms with E-state index in [1.54, 1.807) is 13.8 Å². The monoisotopic (exact) mass is 388 g/mol. The predicted molar refractivity (Wildman–Crippen MR) is 92.4 cm³/mol. The van der Waals surface area contributed by atoms with E-state index in [0.29, 0.717) is 43.8 Å². The topological polar surface area (TPSA) is 125 Å². The molecule has 0 bridgehead atoms. The molecule has 0 aromatic carbocycles. The van der Waals surface area contributed by atoms with Gasteiger partial charge in [0.05, 0.1) is 24.3 Å². The van der Waals surface area contributed by atoms with Gasteiger partial charge in [-0.1, -0.05) is 0 Å². The van der Waals surface area contributed by atoms with E-state index >= 15 is 0 Å². The van der Waals surface area contributed by atoms with Gasteiger partial charge < -0.3 is 19.3 Å². The molecule has 0 amide bonds. The van der Waals surface area contributed by atoms with Crippen LogP contribution in [0.4, 0.5) is 0 Å². The predicted octanol–water partition coefficient (Wildman–Crippen LogP) is 0.708. The quantitative estimate of drug-likeness (QED) is 0.743. The summed E-state index contributed by atoms with van der Waals surface area (Å²) in [7, 11) is -1.20. The first-order chi connectivity index (χ1) is 11.8. The van der Waals surface area contributed by atoms with Crippen LogP contribution in [0, 0.1) is 6.92 Å². The van der Waals surface area contributed by atoms with Gasteiger partial charge in [-0.15, -0.1) is 19.4 Å². The van der Waals surface area contributed by atoms with Gasteiger partial charge in [0.15, 0.2) is 0 Å². The highest BCUT2D eigenvalue weighted by Gasteiger charge is 2.32. The summed E-state index contributed by atoms with van der Waals surface area (Å²) in [4.78, 5) is 0. The Hall–Kier alpha value is -1.32. The molecule has 1 fully saturated rings. The molecular weight excluding hydrogens is 367 g/mol. The Morgan fingerprint density at radius 3 is 2.64 bits per heavy atom. The molecule has 25 heavy (non-hydrogen) atoms. The zero-order valence-corrected chi connectivity index (χ0v) is 16.0. The molecule has 0 spiro atoms. The number of nitrogens with two attached hydrogens (primary N) is 1. The molecule has 2 aromatic heterocycles. The van der Waals surface area contributed by atoms with Gasteiger partial charge in [-0.3, -0.25) is 0 Å². The molecule has 0 saturated carbocycles. The summed E-state index contributed by atoms with van der Waals surface area (Å²) in [5.74, 6) is 0.831. The van der Waals surface area contributed by atoms with E-state index in [4.69, 9.17) is 19.3 Å². The van der Waals surface area contributed by atoms with Crippen LogP contribution in [-0.4, -0.2) is 55.4 Å². The van der Waals surface area contributed by atoms with Gasteiger partial charge in [0, 0.05) is 19.2 Å². The third-order valence-corrected chi connectivity index (χ3v) is 6.63. The van der Waals surface area contributed by atoms with E-state index in [1.807, 2.05) is 0 Å². The Bertz CT molecular complexity index is 854. The fourth-order valence-electron chi connectivity index (χ4n) is 2.36. The van der Waals surface area contributed by atoms with E-state index in [1.165, 1.54) is 10.4 Å². The fraction of sp³-hybridized carbons (Fsp3) is 0.571. The molecule has 0 radical (unpaired) electrons. The fourth-order valence-corrected chi connectivity index (χ4v) is 3.91. The van der Waals surface area contributed by atoms with Crippen molar-refractivity contribution >= 4 is 19.3 Å². The molecule has 1 aliphatic heterocycles. The maximum atomic E-state index is 12.7. The van der Waals surface area contributed by atoms with Crippen molar-refractivity contribution in [2.24, 2.45) is 5.73 Å². The van der Waals surface area contributed by atoms with Crippen molar-refractivity contribution < 1.29 is 22.0 Å². The third-order valence-electron chi connectivity index (χ3n) is 4.03. The van der Waals surface area contributed by atoms with Gasteiger partial charge in [0.2, 0.25) is 11.0 Å². The Balaban J connectivity index is 1.93. The number of rotatable bonds is 5. The molecular formula is C14H21N4O5PS. The van der Waals surface area contributed by atoms with Gasteiger partial charge in [0.1, 0.15) is 5.76 Å². The highest BCUT2D eigenvalue weighted by Crippen LogP contribution is 2.31. The number of sulfonamides is 1. The molecule has 2 atom stereocenters. The minimum absolute atomic E-state index is 0.150. The third kappa shape index (κ3) is 3.50. The lowest BCUT2D eigenvalue weighted by Gasteiger charge is -2.24. The zero-order chi connectivity index (χ0) is 18.2. The van der Waals surface area contributed by atoms with E-state index in [2.05, 4.69) is 19.4 Å². The number of aryl methyl sites for hydroxylation is 1. The Morgan fingerprint density at radius 2 is 2.00 bits per heavy atom. The minimum Gasteiger partial charge on any atom is -0.448 e. The number of hydrogen-bond acceptors (Lipinski definition) is 8. The first-order valence-corrected chi connectivity index (χ1v) is 10.0. The molecule has 2 aromatic rings. The van der Waals surface area contributed by atoms with Gasteiger partial charge in [0.25, 0.3) is 15.9 Å². The second kappa shape index (κ2) is 6.77. The van der Waals surface area contributed by atoms with Crippen LogP contribution < -0.4 is 5.73 Å². The Labute approximate surface area is 148 Å². The maximum absolute atomic E-state index is 12.7. The number of furan rings is 1. The van der Waals surface area contributed by atoms with Crippen molar-refractivity contribution in [2.75, 3.05) is 32.5 Å². The van der Waals surface area contributed by atoms with Crippen LogP contribution in [0.2, 0.25) is 0 Å². The standard InChI is InChI=1S/C14H21N4O5PS/c1-9-10(12-16-17-13(23-12)14(2,15)8-24)7-11(22-9)25(19,20)18-3-5-21-6-4-18/h7H,3-6,8,15,24H2,1-2H3/t14-/m1/s1. The molecule has 0 aliphatic carbocycles. The molecule has 2 N–H and O–H groups in total. The summed E-state index contributed by atoms with van der Waals surface area (Å²) in [5, 5.41) is 7.79. The molecule has 138 valence electrons. The number of hydrogen-bond donors (Lipinski definition) is 1. The lowest BCUT2D eigenvalue weighted by Crippen LogP contribution is -2.40. The smallest absolute Gasteiger partial charge is 0.276 e. The van der Waals surface area contributed by atoms with Gasteiger partial charge in [-0.05, 0) is 20.0 Å². The van der Waals surface area contributed by atoms with E-state index < -0.39 is 15.6 Å². The first kappa shape index (κ1) is 18.5. The second-order valence-electron chi connectivity index (χ2n) is 6.09. The van der Waals surface area contributed by atoms with Crippen molar-refractivity contribution in [2.45, 2.75) is 24.5 Å². The Morgan fingerprint density at radius 1 is 1.32 bits per heavy atom. The molecule has 1 aliphatic rings. The van der Waals surface area contributed by atoms with Crippen LogP contribution >= 0.6 is 9.24 Å². The SMILES string of the molecule is Cc1oc(S(=O)(=O)N2CCOCC2)cc1-c1nnc([C@](C)(N)CP)o1. The number of morpholine rings is 1. The van der Waals surface area contributed by atoms with Gasteiger partial charge >= 0.3 is 0 Å². The molecule has 11 heteroatoms. The average Bonchev–Trinajstić information content (AvgIpc) is 3.23. The largest absolute Gasteiger partial charge is 0.448 e. The highest BCUT2D eigenvalue weighted by molar-refractivity contribution is 7.89. The Kier molecular flexibility index (Phi) is 5.00. The average molecular weight is 388 g/mol. The lowest BCUT2D eigenvalue weighted by atomic mass is 10.1. The minimum atomic E-state index is -3.73. The van der Waals surface area contributed by atoms with Crippen LogP contribution in [0.5, 0.6) is 0 Å². The number of aromatic nitrogens is 2. The molecule has 9 nitrogen and oxygen atoms in total. The summed E-state index contributed by atoms with van der Waals surface area (Å²) in [6.07, 6.45) is 0.537. The summed E-state index contributed by atoms with van der Waals surface area (Å²) in [6.45, 7) is 4.73. The van der Waals surface area contributed by atoms with E-state index in [-0.39, 0.29) is 16.9 Å². The van der Waals surface area contributed by atoms with E-state index in [0.717, 1.165) is 0 Å². The highest BCUT2D eigenvalue weighted by atomic mass is 32.2. The van der Waals surface area contributed by atoms with Crippen molar-refractivity contribution in [3.8, 4) is 11.5 Å². The lowest BCUT2D eigenvalue weighted by molar-refractivity contribution is 0.0724. The van der Waals surface area contributed by atoms with Crippen molar-refractivity contribution in [3.05, 3.63) is 17.7 Å². The van der Waals surface area contributed by atoms with Crippen LogP contribution in [0.25, 0.3) is 11.5 Å². The van der Waals surface area contributed by atoms with Crippen LogP contribution in [0.3, 0.4) is 0 Å². The van der Waals surface area contributed by atoms with Crippen molar-refractivity contribution in [3.63, 3.8) is 0 Å². The van der Waals surface area contributed by atoms with Crippen molar-refractivity contribution in [1.29, 1.82) is 0 Å². The summed E-state index contributed by atoms with van der Waals surface area (Å²) >= 11 is 0. The van der Waals surface area contributed by atoms with Crippen LogP contribution in [0.1, 0.15) is 18.6 Å². The van der Waals surface area contributed by atoms with Gasteiger partial charge in [-0.2, -0.15) is 4.31 Å². The van der Waals surface area contributed by atoms with Crippen molar-refractivity contribution in [1.82, 2.24) is 14.5 Å². The second-order valence-corrected chi connectivity index (χ2v) is 8.36. The zero-order valence-electron chi connectivity index (χ0n) is 14.1. The maximum Gasteiger partial charge on any atom is 0.276 e. The number of nitrogens with zero attached hydrogens (tertiary/aromatic N) is 3. The van der Waals surface area contributed by atoms with E-state index in [9.17, 15) is 8.42 Å². The molecule has 3 rings (SSSR count). The summed E-state index contributed by atoms with van der Waals surface area (Å²) in [6, 6.07) is 1.41. The first-order valence-electron chi connectivity index (χ1n) is 7.77. The molecule has 3 heterocycles. The molecule has 1 unspecified atom stereocenters. The van der Waals surface area contributed by atoms with Crippen LogP contribution in [-0.2, 0) is 20.3 Å². The normalized spacial score (nSPS) is 19.0. The molecule has 1 saturated heterocycles. The summed E-state index contributed by atoms with van der Waals surface area (Å²) < 4.78 is 43.0. The summed E-state index contributed by atoms with van der Waals surface area (Å²) in [5.41, 5.74) is 5.74. The number of ether oxygens (including phenoxy) is 1.